The van der Waals surface area contributed by atoms with E-state index in [2.05, 4.69) is 10.6 Å². The number of methoxy groups -OCH3 is 2. The monoisotopic (exact) mass is 455 g/mol. The maximum Gasteiger partial charge on any atom is 0.253 e. The fourth-order valence-electron chi connectivity index (χ4n) is 3.31. The largest absolute Gasteiger partial charge is 0.497 e. The van der Waals surface area contributed by atoms with Gasteiger partial charge in [-0.2, -0.15) is 0 Å². The van der Waals surface area contributed by atoms with Gasteiger partial charge in [0, 0.05) is 36.0 Å². The summed E-state index contributed by atoms with van der Waals surface area (Å²) in [6, 6.07) is 10.8. The number of amides is 3. The molecular formula is C25H33N3O5. The van der Waals surface area contributed by atoms with Gasteiger partial charge in [-0.15, -0.1) is 0 Å². The molecule has 2 N–H and O–H groups in total. The van der Waals surface area contributed by atoms with E-state index in [4.69, 9.17) is 9.47 Å². The Morgan fingerprint density at radius 1 is 0.879 bits per heavy atom. The summed E-state index contributed by atoms with van der Waals surface area (Å²) in [5.74, 6) is -0.0325. The Hall–Kier alpha value is -3.55. The molecule has 0 heterocycles. The van der Waals surface area contributed by atoms with Crippen LogP contribution in [-0.2, 0) is 4.79 Å². The van der Waals surface area contributed by atoms with Gasteiger partial charge in [0.1, 0.15) is 17.5 Å². The molecule has 2 aromatic rings. The smallest absolute Gasteiger partial charge is 0.253 e. The number of benzene rings is 2. The van der Waals surface area contributed by atoms with E-state index in [1.165, 1.54) is 14.2 Å². The maximum absolute atomic E-state index is 12.9. The molecule has 3 amide bonds. The second-order valence-corrected chi connectivity index (χ2v) is 7.84. The van der Waals surface area contributed by atoms with Crippen molar-refractivity contribution < 1.29 is 23.9 Å². The van der Waals surface area contributed by atoms with Crippen molar-refractivity contribution in [3.63, 3.8) is 0 Å². The molecule has 1 atom stereocenters. The topological polar surface area (TPSA) is 97.0 Å². The molecule has 0 aliphatic carbocycles. The standard InChI is InChI=1S/C25H33N3O5/c1-7-28(8-2)25(31)17-9-11-19(12-10-17)26-24(30)22(16(3)4)27-23(29)18-13-20(32-5)15-21(14-18)33-6/h9-16,22H,7-8H2,1-6H3,(H,26,30)(H,27,29)/t22-/m0/s1. The van der Waals surface area contributed by atoms with E-state index >= 15 is 0 Å². The van der Waals surface area contributed by atoms with Crippen molar-refractivity contribution in [2.24, 2.45) is 5.92 Å². The third-order valence-corrected chi connectivity index (χ3v) is 5.30. The van der Waals surface area contributed by atoms with Crippen molar-refractivity contribution in [2.45, 2.75) is 33.7 Å². The summed E-state index contributed by atoms with van der Waals surface area (Å²) >= 11 is 0. The number of hydrogen-bond acceptors (Lipinski definition) is 5. The Labute approximate surface area is 195 Å². The molecule has 0 aliphatic heterocycles. The van der Waals surface area contributed by atoms with E-state index in [0.29, 0.717) is 41.4 Å². The fourth-order valence-corrected chi connectivity index (χ4v) is 3.31. The van der Waals surface area contributed by atoms with Gasteiger partial charge in [-0.25, -0.2) is 0 Å². The van der Waals surface area contributed by atoms with Gasteiger partial charge in [0.05, 0.1) is 14.2 Å². The van der Waals surface area contributed by atoms with Gasteiger partial charge in [0.15, 0.2) is 0 Å². The molecule has 0 aliphatic rings. The van der Waals surface area contributed by atoms with Crippen LogP contribution in [-0.4, -0.2) is 56.0 Å². The Kier molecular flexibility index (Phi) is 9.27. The average molecular weight is 456 g/mol. The van der Waals surface area contributed by atoms with Crippen LogP contribution in [0.2, 0.25) is 0 Å². The number of carbonyl (C=O) groups excluding carboxylic acids is 3. The van der Waals surface area contributed by atoms with Gasteiger partial charge in [-0.05, 0) is 56.2 Å². The number of ether oxygens (including phenoxy) is 2. The Morgan fingerprint density at radius 2 is 1.42 bits per heavy atom. The first-order valence-electron chi connectivity index (χ1n) is 11.0. The normalized spacial score (nSPS) is 11.5. The molecule has 0 saturated heterocycles. The number of carbonyl (C=O) groups is 3. The summed E-state index contributed by atoms with van der Waals surface area (Å²) in [5, 5.41) is 5.61. The quantitative estimate of drug-likeness (QED) is 0.571. The molecule has 8 heteroatoms. The molecule has 178 valence electrons. The highest BCUT2D eigenvalue weighted by atomic mass is 16.5. The zero-order valence-corrected chi connectivity index (χ0v) is 20.1. The first kappa shape index (κ1) is 25.7. The first-order chi connectivity index (χ1) is 15.7. The molecular weight excluding hydrogens is 422 g/mol. The van der Waals surface area contributed by atoms with Crippen LogP contribution < -0.4 is 20.1 Å². The molecule has 0 saturated carbocycles. The number of hydrogen-bond donors (Lipinski definition) is 2. The van der Waals surface area contributed by atoms with Crippen LogP contribution in [0.25, 0.3) is 0 Å². The van der Waals surface area contributed by atoms with Gasteiger partial charge >= 0.3 is 0 Å². The lowest BCUT2D eigenvalue weighted by atomic mass is 10.0. The summed E-state index contributed by atoms with van der Waals surface area (Å²) in [6.07, 6.45) is 0. The molecule has 0 bridgehead atoms. The van der Waals surface area contributed by atoms with Gasteiger partial charge < -0.3 is 25.0 Å². The van der Waals surface area contributed by atoms with Crippen molar-refractivity contribution >= 4 is 23.4 Å². The molecule has 0 aromatic heterocycles. The Morgan fingerprint density at radius 3 is 1.88 bits per heavy atom. The predicted molar refractivity (Wildman–Crippen MR) is 128 cm³/mol. The molecule has 0 unspecified atom stereocenters. The highest BCUT2D eigenvalue weighted by Crippen LogP contribution is 2.23. The zero-order valence-electron chi connectivity index (χ0n) is 20.1. The molecule has 0 radical (unpaired) electrons. The molecule has 0 spiro atoms. The summed E-state index contributed by atoms with van der Waals surface area (Å²) in [6.45, 7) is 8.81. The van der Waals surface area contributed by atoms with Crippen LogP contribution in [0.3, 0.4) is 0 Å². The van der Waals surface area contributed by atoms with E-state index in [9.17, 15) is 14.4 Å². The summed E-state index contributed by atoms with van der Waals surface area (Å²) in [4.78, 5) is 40.0. The van der Waals surface area contributed by atoms with E-state index in [1.54, 1.807) is 47.4 Å². The van der Waals surface area contributed by atoms with Gasteiger partial charge in [0.2, 0.25) is 5.91 Å². The van der Waals surface area contributed by atoms with Crippen LogP contribution in [0.4, 0.5) is 5.69 Å². The fraction of sp³-hybridized carbons (Fsp3) is 0.400. The number of rotatable bonds is 10. The summed E-state index contributed by atoms with van der Waals surface area (Å²) in [7, 11) is 3.00. The zero-order chi connectivity index (χ0) is 24.5. The van der Waals surface area contributed by atoms with Crippen LogP contribution in [0, 0.1) is 5.92 Å². The Bertz CT molecular complexity index is 946. The van der Waals surface area contributed by atoms with Crippen molar-refractivity contribution in [1.82, 2.24) is 10.2 Å². The molecule has 2 rings (SSSR count). The van der Waals surface area contributed by atoms with E-state index in [1.807, 2.05) is 27.7 Å². The van der Waals surface area contributed by atoms with Gasteiger partial charge in [-0.3, -0.25) is 14.4 Å². The van der Waals surface area contributed by atoms with Crippen molar-refractivity contribution in [3.05, 3.63) is 53.6 Å². The van der Waals surface area contributed by atoms with Crippen LogP contribution in [0.15, 0.2) is 42.5 Å². The minimum Gasteiger partial charge on any atom is -0.497 e. The third kappa shape index (κ3) is 6.71. The van der Waals surface area contributed by atoms with Crippen molar-refractivity contribution in [3.8, 4) is 11.5 Å². The number of anilines is 1. The maximum atomic E-state index is 12.9. The van der Waals surface area contributed by atoms with Crippen LogP contribution in [0.1, 0.15) is 48.4 Å². The van der Waals surface area contributed by atoms with Crippen LogP contribution in [0.5, 0.6) is 11.5 Å². The first-order valence-corrected chi connectivity index (χ1v) is 11.0. The van der Waals surface area contributed by atoms with E-state index < -0.39 is 11.9 Å². The van der Waals surface area contributed by atoms with Crippen molar-refractivity contribution in [2.75, 3.05) is 32.6 Å². The molecule has 8 nitrogen and oxygen atoms in total. The average Bonchev–Trinajstić information content (AvgIpc) is 2.82. The van der Waals surface area contributed by atoms with E-state index in [-0.39, 0.29) is 17.7 Å². The third-order valence-electron chi connectivity index (χ3n) is 5.30. The highest BCUT2D eigenvalue weighted by Gasteiger charge is 2.25. The van der Waals surface area contributed by atoms with E-state index in [0.717, 1.165) is 0 Å². The molecule has 33 heavy (non-hydrogen) atoms. The molecule has 0 fully saturated rings. The van der Waals surface area contributed by atoms with Crippen molar-refractivity contribution in [1.29, 1.82) is 0 Å². The predicted octanol–water partition coefficient (Wildman–Crippen LogP) is 3.58. The summed E-state index contributed by atoms with van der Waals surface area (Å²) < 4.78 is 10.4. The second kappa shape index (κ2) is 11.9. The lowest BCUT2D eigenvalue weighted by Gasteiger charge is -2.22. The second-order valence-electron chi connectivity index (χ2n) is 7.84. The Balaban J connectivity index is 2.13. The SMILES string of the molecule is CCN(CC)C(=O)c1ccc(NC(=O)[C@@H](NC(=O)c2cc(OC)cc(OC)c2)C(C)C)cc1. The van der Waals surface area contributed by atoms with Crippen LogP contribution >= 0.6 is 0 Å². The van der Waals surface area contributed by atoms with Gasteiger partial charge in [0.25, 0.3) is 11.8 Å². The highest BCUT2D eigenvalue weighted by molar-refractivity contribution is 6.02. The lowest BCUT2D eigenvalue weighted by Crippen LogP contribution is -2.47. The minimum atomic E-state index is -0.772. The van der Waals surface area contributed by atoms with Gasteiger partial charge in [-0.1, -0.05) is 13.8 Å². The lowest BCUT2D eigenvalue weighted by molar-refractivity contribution is -0.118. The molecule has 2 aromatic carbocycles. The summed E-state index contributed by atoms with van der Waals surface area (Å²) in [5.41, 5.74) is 1.42. The number of nitrogens with zero attached hydrogens (tertiary/aromatic N) is 1. The minimum absolute atomic E-state index is 0.0566. The number of nitrogens with one attached hydrogen (secondary N) is 2.